The minimum absolute atomic E-state index is 0.0822. The number of carbonyl (C=O) groups excluding carboxylic acids is 1. The Morgan fingerprint density at radius 3 is 1.93 bits per heavy atom. The summed E-state index contributed by atoms with van der Waals surface area (Å²) in [6.45, 7) is 0. The van der Waals surface area contributed by atoms with Crippen LogP contribution in [0.4, 0.5) is 23.2 Å². The molecule has 1 amide bonds. The summed E-state index contributed by atoms with van der Waals surface area (Å²) in [5, 5.41) is 2.41. The van der Waals surface area contributed by atoms with E-state index in [-0.39, 0.29) is 21.0 Å². The van der Waals surface area contributed by atoms with E-state index in [9.17, 15) is 30.8 Å². The van der Waals surface area contributed by atoms with Crippen molar-refractivity contribution in [2.24, 2.45) is 0 Å². The third-order valence-corrected chi connectivity index (χ3v) is 5.78. The van der Waals surface area contributed by atoms with Gasteiger partial charge in [0.1, 0.15) is 5.82 Å². The first-order valence-corrected chi connectivity index (χ1v) is 9.65. The zero-order valence-electron chi connectivity index (χ0n) is 14.6. The van der Waals surface area contributed by atoms with Gasteiger partial charge in [-0.1, -0.05) is 6.07 Å². The third-order valence-electron chi connectivity index (χ3n) is 4.00. The number of anilines is 1. The summed E-state index contributed by atoms with van der Waals surface area (Å²) in [7, 11) is -3.88. The molecule has 0 unspecified atom stereocenters. The van der Waals surface area contributed by atoms with Gasteiger partial charge in [-0.05, 0) is 66.7 Å². The number of sulfone groups is 1. The summed E-state index contributed by atoms with van der Waals surface area (Å²) in [6.07, 6.45) is -4.58. The molecule has 0 aliphatic heterocycles. The van der Waals surface area contributed by atoms with Gasteiger partial charge in [0.2, 0.25) is 9.84 Å². The molecule has 150 valence electrons. The van der Waals surface area contributed by atoms with Gasteiger partial charge in [-0.15, -0.1) is 0 Å². The highest BCUT2D eigenvalue weighted by Gasteiger charge is 2.30. The lowest BCUT2D eigenvalue weighted by molar-refractivity contribution is -0.137. The van der Waals surface area contributed by atoms with Crippen LogP contribution in [0.3, 0.4) is 0 Å². The van der Waals surface area contributed by atoms with Crippen LogP contribution in [0.2, 0.25) is 0 Å². The van der Waals surface area contributed by atoms with Crippen LogP contribution >= 0.6 is 0 Å². The molecule has 4 nitrogen and oxygen atoms in total. The van der Waals surface area contributed by atoms with Crippen molar-refractivity contribution >= 4 is 21.4 Å². The maximum Gasteiger partial charge on any atom is 0.416 e. The van der Waals surface area contributed by atoms with Crippen LogP contribution in [-0.4, -0.2) is 14.3 Å². The molecule has 3 aromatic rings. The molecule has 0 aliphatic rings. The molecular weight excluding hydrogens is 410 g/mol. The molecule has 3 aromatic carbocycles. The van der Waals surface area contributed by atoms with E-state index in [4.69, 9.17) is 0 Å². The van der Waals surface area contributed by atoms with Gasteiger partial charge in [-0.25, -0.2) is 12.8 Å². The average Bonchev–Trinajstić information content (AvgIpc) is 2.68. The van der Waals surface area contributed by atoms with Gasteiger partial charge in [-0.3, -0.25) is 4.79 Å². The fraction of sp³-hybridized carbons (Fsp3) is 0.0500. The molecule has 0 saturated heterocycles. The van der Waals surface area contributed by atoms with E-state index in [1.54, 1.807) is 0 Å². The number of amides is 1. The van der Waals surface area contributed by atoms with E-state index < -0.39 is 33.3 Å². The van der Waals surface area contributed by atoms with Crippen molar-refractivity contribution < 1.29 is 30.8 Å². The predicted octanol–water partition coefficient (Wildman–Crippen LogP) is 4.93. The molecule has 0 aromatic heterocycles. The zero-order valence-corrected chi connectivity index (χ0v) is 15.4. The topological polar surface area (TPSA) is 63.2 Å². The number of nitrogens with one attached hydrogen (secondary N) is 1. The Kier molecular flexibility index (Phi) is 5.43. The molecule has 0 aliphatic carbocycles. The van der Waals surface area contributed by atoms with Gasteiger partial charge < -0.3 is 5.32 Å². The molecule has 0 heterocycles. The van der Waals surface area contributed by atoms with Crippen molar-refractivity contribution in [1.29, 1.82) is 0 Å². The zero-order chi connectivity index (χ0) is 21.2. The summed E-state index contributed by atoms with van der Waals surface area (Å²) in [6, 6.07) is 13.3. The third kappa shape index (κ3) is 4.62. The number of alkyl halides is 3. The van der Waals surface area contributed by atoms with Crippen LogP contribution in [0.15, 0.2) is 82.6 Å². The molecule has 9 heteroatoms. The molecule has 0 spiro atoms. The monoisotopic (exact) mass is 423 g/mol. The van der Waals surface area contributed by atoms with E-state index in [0.717, 1.165) is 42.5 Å². The number of carbonyl (C=O) groups is 1. The van der Waals surface area contributed by atoms with Crippen LogP contribution in [0.25, 0.3) is 0 Å². The highest BCUT2D eigenvalue weighted by atomic mass is 32.2. The first-order chi connectivity index (χ1) is 13.6. The Morgan fingerprint density at radius 2 is 1.38 bits per heavy atom. The fourth-order valence-corrected chi connectivity index (χ4v) is 3.77. The standard InChI is InChI=1S/C20H13F4NO3S/c21-15-4-8-17(9-5-15)29(27,28)18-10-6-16(7-11-18)25-19(26)13-2-1-3-14(12-13)20(22,23)24/h1-12H,(H,25,26). The van der Waals surface area contributed by atoms with Crippen LogP contribution in [0, 0.1) is 5.82 Å². The van der Waals surface area contributed by atoms with Crippen molar-refractivity contribution in [1.82, 2.24) is 0 Å². The van der Waals surface area contributed by atoms with Crippen LogP contribution in [-0.2, 0) is 16.0 Å². The van der Waals surface area contributed by atoms with E-state index >= 15 is 0 Å². The average molecular weight is 423 g/mol. The summed E-state index contributed by atoms with van der Waals surface area (Å²) in [5.41, 5.74) is -0.945. The normalized spacial score (nSPS) is 11.9. The summed E-state index contributed by atoms with van der Waals surface area (Å²) in [4.78, 5) is 12.0. The quantitative estimate of drug-likeness (QED) is 0.478. The largest absolute Gasteiger partial charge is 0.416 e. The molecule has 0 fully saturated rings. The van der Waals surface area contributed by atoms with E-state index in [1.807, 2.05) is 0 Å². The van der Waals surface area contributed by atoms with Crippen molar-refractivity contribution in [2.45, 2.75) is 16.0 Å². The summed E-state index contributed by atoms with van der Waals surface area (Å²) >= 11 is 0. The van der Waals surface area contributed by atoms with Gasteiger partial charge in [0.15, 0.2) is 0 Å². The van der Waals surface area contributed by atoms with Crippen molar-refractivity contribution in [3.8, 4) is 0 Å². The minimum atomic E-state index is -4.58. The van der Waals surface area contributed by atoms with Crippen molar-refractivity contribution in [2.75, 3.05) is 5.32 Å². The van der Waals surface area contributed by atoms with E-state index in [0.29, 0.717) is 0 Å². The van der Waals surface area contributed by atoms with Crippen LogP contribution < -0.4 is 5.32 Å². The lowest BCUT2D eigenvalue weighted by atomic mass is 10.1. The van der Waals surface area contributed by atoms with Gasteiger partial charge in [0.05, 0.1) is 15.4 Å². The van der Waals surface area contributed by atoms with E-state index in [1.165, 1.54) is 30.3 Å². The van der Waals surface area contributed by atoms with Gasteiger partial charge in [-0.2, -0.15) is 13.2 Å². The molecule has 29 heavy (non-hydrogen) atoms. The SMILES string of the molecule is O=C(Nc1ccc(S(=O)(=O)c2ccc(F)cc2)cc1)c1cccc(C(F)(F)F)c1. The van der Waals surface area contributed by atoms with Crippen LogP contribution in [0.5, 0.6) is 0 Å². The minimum Gasteiger partial charge on any atom is -0.322 e. The number of hydrogen-bond acceptors (Lipinski definition) is 3. The Labute approximate surface area is 163 Å². The first kappa shape index (κ1) is 20.5. The number of rotatable bonds is 4. The second-order valence-corrected chi connectivity index (χ2v) is 7.96. The van der Waals surface area contributed by atoms with E-state index in [2.05, 4.69) is 5.32 Å². The first-order valence-electron chi connectivity index (χ1n) is 8.17. The molecule has 1 N–H and O–H groups in total. The predicted molar refractivity (Wildman–Crippen MR) is 97.7 cm³/mol. The molecule has 0 radical (unpaired) electrons. The van der Waals surface area contributed by atoms with Gasteiger partial charge in [0.25, 0.3) is 5.91 Å². The van der Waals surface area contributed by atoms with Gasteiger partial charge in [0, 0.05) is 11.3 Å². The highest BCUT2D eigenvalue weighted by molar-refractivity contribution is 7.91. The summed E-state index contributed by atoms with van der Waals surface area (Å²) in [5.74, 6) is -1.35. The summed E-state index contributed by atoms with van der Waals surface area (Å²) < 4.78 is 76.3. The van der Waals surface area contributed by atoms with Crippen molar-refractivity contribution in [3.05, 3.63) is 89.7 Å². The fourth-order valence-electron chi connectivity index (χ4n) is 2.51. The number of benzene rings is 3. The number of hydrogen-bond donors (Lipinski definition) is 1. The number of halogens is 4. The van der Waals surface area contributed by atoms with Crippen molar-refractivity contribution in [3.63, 3.8) is 0 Å². The molecule has 0 atom stereocenters. The Morgan fingerprint density at radius 1 is 0.828 bits per heavy atom. The highest BCUT2D eigenvalue weighted by Crippen LogP contribution is 2.30. The molecule has 0 bridgehead atoms. The maximum atomic E-state index is 13.0. The lowest BCUT2D eigenvalue weighted by Crippen LogP contribution is -2.14. The molecule has 0 saturated carbocycles. The lowest BCUT2D eigenvalue weighted by Gasteiger charge is -2.10. The second kappa shape index (κ2) is 7.67. The Balaban J connectivity index is 1.79. The Hall–Kier alpha value is -3.20. The van der Waals surface area contributed by atoms with Gasteiger partial charge >= 0.3 is 6.18 Å². The Bertz CT molecular complexity index is 1140. The molecular formula is C20H13F4NO3S. The molecule has 3 rings (SSSR count). The van der Waals surface area contributed by atoms with Crippen LogP contribution in [0.1, 0.15) is 15.9 Å². The maximum absolute atomic E-state index is 13.0. The second-order valence-electron chi connectivity index (χ2n) is 6.01. The smallest absolute Gasteiger partial charge is 0.322 e.